The van der Waals surface area contributed by atoms with E-state index in [0.29, 0.717) is 37.5 Å². The summed E-state index contributed by atoms with van der Waals surface area (Å²) in [7, 11) is 0. The van der Waals surface area contributed by atoms with Gasteiger partial charge in [-0.25, -0.2) is 0 Å². The van der Waals surface area contributed by atoms with E-state index < -0.39 is 0 Å². The first kappa shape index (κ1) is 14.3. The first-order valence-corrected chi connectivity index (χ1v) is 7.43. The molecular formula is C15H20N2O4. The fourth-order valence-electron chi connectivity index (χ4n) is 2.41. The minimum Gasteiger partial charge on any atom is -0.486 e. The summed E-state index contributed by atoms with van der Waals surface area (Å²) in [4.78, 5) is 10.8. The average Bonchev–Trinajstić information content (AvgIpc) is 3.17. The Bertz CT molecular complexity index is 510. The third-order valence-corrected chi connectivity index (χ3v) is 3.89. The predicted molar refractivity (Wildman–Crippen MR) is 77.4 cm³/mol. The van der Waals surface area contributed by atoms with E-state index in [0.717, 1.165) is 18.6 Å². The molecule has 0 amide bonds. The predicted octanol–water partition coefficient (Wildman–Crippen LogP) is 2.26. The van der Waals surface area contributed by atoms with Crippen molar-refractivity contribution in [3.63, 3.8) is 0 Å². The summed E-state index contributed by atoms with van der Waals surface area (Å²) in [5.41, 5.74) is 0.967. The second-order valence-electron chi connectivity index (χ2n) is 5.75. The van der Waals surface area contributed by atoms with Crippen molar-refractivity contribution in [1.82, 2.24) is 5.32 Å². The smallest absolute Gasteiger partial charge is 0.311 e. The zero-order valence-electron chi connectivity index (χ0n) is 11.9. The van der Waals surface area contributed by atoms with E-state index in [1.54, 1.807) is 12.1 Å². The molecule has 1 saturated carbocycles. The van der Waals surface area contributed by atoms with Crippen molar-refractivity contribution in [2.24, 2.45) is 5.92 Å². The van der Waals surface area contributed by atoms with Crippen LogP contribution in [0.3, 0.4) is 0 Å². The summed E-state index contributed by atoms with van der Waals surface area (Å²) in [5.74, 6) is 0.683. The van der Waals surface area contributed by atoms with Crippen LogP contribution in [-0.4, -0.2) is 30.8 Å². The first-order chi connectivity index (χ1) is 10.2. The first-order valence-electron chi connectivity index (χ1n) is 7.43. The number of benzene rings is 1. The number of ether oxygens (including phenoxy) is 2. The van der Waals surface area contributed by atoms with E-state index >= 15 is 0 Å². The van der Waals surface area contributed by atoms with E-state index in [-0.39, 0.29) is 10.6 Å². The summed E-state index contributed by atoms with van der Waals surface area (Å²) in [6, 6.07) is 5.79. The summed E-state index contributed by atoms with van der Waals surface area (Å²) >= 11 is 0. The van der Waals surface area contributed by atoms with Crippen LogP contribution >= 0.6 is 0 Å². The lowest BCUT2D eigenvalue weighted by Gasteiger charge is -2.11. The van der Waals surface area contributed by atoms with Crippen LogP contribution in [0.15, 0.2) is 18.2 Å². The zero-order chi connectivity index (χ0) is 14.7. The van der Waals surface area contributed by atoms with Crippen molar-refractivity contribution in [2.75, 3.05) is 19.8 Å². The van der Waals surface area contributed by atoms with Gasteiger partial charge in [0, 0.05) is 31.2 Å². The lowest BCUT2D eigenvalue weighted by atomic mass is 10.1. The Morgan fingerprint density at radius 1 is 1.38 bits per heavy atom. The molecule has 1 saturated heterocycles. The number of hydrogen-bond donors (Lipinski definition) is 1. The Morgan fingerprint density at radius 2 is 2.24 bits per heavy atom. The minimum atomic E-state index is -0.374. The Balaban J connectivity index is 1.64. The highest BCUT2D eigenvalue weighted by Gasteiger charge is 2.22. The number of nitrogens with zero attached hydrogens (tertiary/aromatic N) is 1. The molecule has 6 nitrogen and oxygen atoms in total. The number of rotatable bonds is 7. The van der Waals surface area contributed by atoms with Gasteiger partial charge in [-0.2, -0.15) is 0 Å². The third-order valence-electron chi connectivity index (χ3n) is 3.89. The summed E-state index contributed by atoms with van der Waals surface area (Å²) in [6.45, 7) is 2.57. The van der Waals surface area contributed by atoms with Crippen molar-refractivity contribution < 1.29 is 14.4 Å². The highest BCUT2D eigenvalue weighted by Crippen LogP contribution is 2.29. The van der Waals surface area contributed by atoms with Crippen LogP contribution in [0.5, 0.6) is 5.75 Å². The largest absolute Gasteiger partial charge is 0.486 e. The van der Waals surface area contributed by atoms with Gasteiger partial charge in [0.2, 0.25) is 0 Å². The molecule has 1 aromatic rings. The monoisotopic (exact) mass is 292 g/mol. The molecule has 0 spiro atoms. The molecule has 3 rings (SSSR count). The second-order valence-corrected chi connectivity index (χ2v) is 5.75. The highest BCUT2D eigenvalue weighted by molar-refractivity contribution is 5.48. The summed E-state index contributed by atoms with van der Waals surface area (Å²) in [6.07, 6.45) is 3.36. The van der Waals surface area contributed by atoms with Gasteiger partial charge < -0.3 is 14.8 Å². The molecule has 1 aromatic carbocycles. The maximum absolute atomic E-state index is 11.2. The fraction of sp³-hybridized carbons (Fsp3) is 0.600. The molecule has 0 radical (unpaired) electrons. The normalized spacial score (nSPS) is 21.4. The van der Waals surface area contributed by atoms with Gasteiger partial charge in [0.05, 0.1) is 18.1 Å². The van der Waals surface area contributed by atoms with E-state index in [1.165, 1.54) is 12.8 Å². The van der Waals surface area contributed by atoms with Crippen LogP contribution in [0.2, 0.25) is 0 Å². The molecule has 0 aromatic heterocycles. The molecule has 0 bridgehead atoms. The molecule has 21 heavy (non-hydrogen) atoms. The van der Waals surface area contributed by atoms with Crippen LogP contribution in [0.4, 0.5) is 5.69 Å². The number of hydrogen-bond acceptors (Lipinski definition) is 5. The van der Waals surface area contributed by atoms with Crippen LogP contribution in [0.25, 0.3) is 0 Å². The molecular weight excluding hydrogens is 272 g/mol. The molecule has 1 aliphatic carbocycles. The molecule has 2 aliphatic rings. The number of nitro groups is 1. The molecule has 1 N–H and O–H groups in total. The van der Waals surface area contributed by atoms with E-state index in [1.807, 2.05) is 6.07 Å². The van der Waals surface area contributed by atoms with E-state index in [9.17, 15) is 10.1 Å². The van der Waals surface area contributed by atoms with Crippen molar-refractivity contribution in [2.45, 2.75) is 31.8 Å². The number of nitrogens with one attached hydrogen (secondary N) is 1. The maximum atomic E-state index is 11.2. The second kappa shape index (κ2) is 6.41. The van der Waals surface area contributed by atoms with Crippen molar-refractivity contribution in [3.05, 3.63) is 33.9 Å². The Hall–Kier alpha value is -1.66. The summed E-state index contributed by atoms with van der Waals surface area (Å²) < 4.78 is 10.9. The maximum Gasteiger partial charge on any atom is 0.311 e. The summed E-state index contributed by atoms with van der Waals surface area (Å²) in [5, 5.41) is 14.6. The van der Waals surface area contributed by atoms with Crippen molar-refractivity contribution in [3.8, 4) is 5.75 Å². The zero-order valence-corrected chi connectivity index (χ0v) is 11.9. The van der Waals surface area contributed by atoms with Crippen LogP contribution in [0, 0.1) is 16.0 Å². The number of nitro benzene ring substituents is 1. The molecule has 2 fully saturated rings. The Labute approximate surface area is 123 Å². The highest BCUT2D eigenvalue weighted by atomic mass is 16.6. The quantitative estimate of drug-likeness (QED) is 0.616. The molecule has 6 heteroatoms. The van der Waals surface area contributed by atoms with Crippen molar-refractivity contribution in [1.29, 1.82) is 0 Å². The van der Waals surface area contributed by atoms with Crippen LogP contribution in [-0.2, 0) is 11.3 Å². The minimum absolute atomic E-state index is 0.0454. The Morgan fingerprint density at radius 3 is 2.90 bits per heavy atom. The third kappa shape index (κ3) is 3.92. The fourth-order valence-corrected chi connectivity index (χ4v) is 2.41. The van der Waals surface area contributed by atoms with Gasteiger partial charge in [0.1, 0.15) is 0 Å². The standard InChI is InChI=1S/C15H20N2O4/c18-17(19)14-7-11(8-16-13-2-3-13)1-4-15(14)21-10-12-5-6-20-9-12/h1,4,7,12-13,16H,2-3,5-6,8-10H2. The topological polar surface area (TPSA) is 73.6 Å². The molecule has 1 atom stereocenters. The van der Waals surface area contributed by atoms with Gasteiger partial charge in [0.15, 0.2) is 5.75 Å². The molecule has 1 unspecified atom stereocenters. The van der Waals surface area contributed by atoms with Crippen LogP contribution in [0.1, 0.15) is 24.8 Å². The van der Waals surface area contributed by atoms with Gasteiger partial charge in [0.25, 0.3) is 0 Å². The van der Waals surface area contributed by atoms with Gasteiger partial charge >= 0.3 is 5.69 Å². The van der Waals surface area contributed by atoms with Gasteiger partial charge in [-0.3, -0.25) is 10.1 Å². The molecule has 1 aliphatic heterocycles. The molecule has 114 valence electrons. The average molecular weight is 292 g/mol. The SMILES string of the molecule is O=[N+]([O-])c1cc(CNC2CC2)ccc1OCC1CCOC1. The molecule has 1 heterocycles. The van der Waals surface area contributed by atoms with E-state index in [4.69, 9.17) is 9.47 Å². The van der Waals surface area contributed by atoms with E-state index in [2.05, 4.69) is 5.32 Å². The lowest BCUT2D eigenvalue weighted by Crippen LogP contribution is -2.16. The van der Waals surface area contributed by atoms with Gasteiger partial charge in [-0.1, -0.05) is 6.07 Å². The van der Waals surface area contributed by atoms with Gasteiger partial charge in [-0.15, -0.1) is 0 Å². The van der Waals surface area contributed by atoms with Crippen molar-refractivity contribution >= 4 is 5.69 Å². The van der Waals surface area contributed by atoms with Crippen LogP contribution < -0.4 is 10.1 Å². The Kier molecular flexibility index (Phi) is 4.36. The lowest BCUT2D eigenvalue weighted by molar-refractivity contribution is -0.386. The van der Waals surface area contributed by atoms with Gasteiger partial charge in [-0.05, 0) is 30.9 Å².